The molecule has 2 saturated heterocycles. The minimum Gasteiger partial charge on any atom is -0.338 e. The molecule has 216 valence electrons. The second-order valence-electron chi connectivity index (χ2n) is 12.4. The number of nitrogens with one attached hydrogen (secondary N) is 1. The molecule has 10 heteroatoms. The number of hydrogen-bond acceptors (Lipinski definition) is 6. The van der Waals surface area contributed by atoms with Crippen LogP contribution in [0.2, 0.25) is 0 Å². The molecule has 0 spiro atoms. The first-order valence-electron chi connectivity index (χ1n) is 14.1. The molecule has 3 aliphatic rings. The van der Waals surface area contributed by atoms with Gasteiger partial charge < -0.3 is 15.1 Å². The van der Waals surface area contributed by atoms with Crippen LogP contribution in [0.1, 0.15) is 44.5 Å². The molecule has 2 amide bonds. The van der Waals surface area contributed by atoms with Crippen LogP contribution < -0.4 is 10.2 Å². The van der Waals surface area contributed by atoms with E-state index in [0.717, 1.165) is 17.3 Å². The lowest BCUT2D eigenvalue weighted by molar-refractivity contribution is -0.138. The van der Waals surface area contributed by atoms with Crippen molar-refractivity contribution >= 4 is 17.5 Å². The van der Waals surface area contributed by atoms with Crippen molar-refractivity contribution in [2.24, 2.45) is 0 Å². The first-order valence-corrected chi connectivity index (χ1v) is 14.1. The first kappa shape index (κ1) is 28.6. The number of pyridine rings is 1. The van der Waals surface area contributed by atoms with Crippen LogP contribution in [-0.2, 0) is 21.4 Å². The number of likely N-dealkylation sites (N-methyl/N-ethyl adjacent to an activating group) is 1. The van der Waals surface area contributed by atoms with Crippen molar-refractivity contribution in [3.05, 3.63) is 58.9 Å². The van der Waals surface area contributed by atoms with Crippen LogP contribution in [0.25, 0.3) is 0 Å². The predicted octanol–water partition coefficient (Wildman–Crippen LogP) is 2.40. The van der Waals surface area contributed by atoms with E-state index in [1.165, 1.54) is 12.1 Å². The molecule has 1 aromatic heterocycles. The zero-order valence-electron chi connectivity index (χ0n) is 24.1. The quantitative estimate of drug-likeness (QED) is 0.592. The van der Waals surface area contributed by atoms with Gasteiger partial charge in [-0.3, -0.25) is 24.4 Å². The number of nitrogens with zero attached hydrogens (tertiary/aromatic N) is 5. The van der Waals surface area contributed by atoms with Crippen molar-refractivity contribution in [1.29, 1.82) is 0 Å². The standard InChI is InChI=1S/C30H40F2N6O2/c1-19-13-36(24(11-33-19)15-37-14-20(2)35(5)16-28(37)39)17-29(40)38-18-30(3,4)25-12-34-23(10-27(25)38)8-21-6-7-22(31)9-26(21)32/h6-7,9-10,12,19-20,24,33H,8,11,13-18H2,1-5H3/t19-,20-,24-/m1/s1. The summed E-state index contributed by atoms with van der Waals surface area (Å²) in [5.74, 6) is -1.11. The fourth-order valence-electron chi connectivity index (χ4n) is 6.10. The zero-order valence-corrected chi connectivity index (χ0v) is 24.1. The molecule has 0 saturated carbocycles. The van der Waals surface area contributed by atoms with Crippen LogP contribution in [-0.4, -0.2) is 102 Å². The van der Waals surface area contributed by atoms with Gasteiger partial charge in [0, 0.05) is 86.2 Å². The van der Waals surface area contributed by atoms with Crippen molar-refractivity contribution in [2.75, 3.05) is 57.8 Å². The number of aromatic nitrogens is 1. The number of benzene rings is 1. The molecule has 1 aromatic carbocycles. The summed E-state index contributed by atoms with van der Waals surface area (Å²) in [6.07, 6.45) is 1.99. The fourth-order valence-corrected chi connectivity index (χ4v) is 6.10. The molecule has 4 heterocycles. The number of anilines is 1. The Morgan fingerprint density at radius 2 is 1.95 bits per heavy atom. The SMILES string of the molecule is C[C@@H]1CN(CC(=O)N2CC(C)(C)c3cnc(Cc4ccc(F)cc4F)cc32)[C@@H](CN2C[C@@H](C)N(C)CC2=O)CN1. The zero-order chi connectivity index (χ0) is 28.8. The maximum Gasteiger partial charge on any atom is 0.241 e. The van der Waals surface area contributed by atoms with Crippen LogP contribution in [0.5, 0.6) is 0 Å². The summed E-state index contributed by atoms with van der Waals surface area (Å²) >= 11 is 0. The molecule has 3 atom stereocenters. The van der Waals surface area contributed by atoms with Crippen molar-refractivity contribution < 1.29 is 18.4 Å². The molecule has 0 unspecified atom stereocenters. The Kier molecular flexibility index (Phi) is 7.96. The van der Waals surface area contributed by atoms with Crippen molar-refractivity contribution in [3.63, 3.8) is 0 Å². The fraction of sp³-hybridized carbons (Fsp3) is 0.567. The lowest BCUT2D eigenvalue weighted by atomic mass is 9.88. The molecule has 40 heavy (non-hydrogen) atoms. The highest BCUT2D eigenvalue weighted by molar-refractivity contribution is 5.97. The Morgan fingerprint density at radius 3 is 2.70 bits per heavy atom. The van der Waals surface area contributed by atoms with E-state index in [-0.39, 0.29) is 48.3 Å². The highest BCUT2D eigenvalue weighted by Gasteiger charge is 2.40. The molecule has 8 nitrogen and oxygen atoms in total. The number of carbonyl (C=O) groups is 2. The molecule has 0 radical (unpaired) electrons. The van der Waals surface area contributed by atoms with E-state index in [0.29, 0.717) is 50.5 Å². The normalized spacial score (nSPS) is 25.4. The van der Waals surface area contributed by atoms with Gasteiger partial charge in [-0.2, -0.15) is 0 Å². The summed E-state index contributed by atoms with van der Waals surface area (Å²) in [6.45, 7) is 12.3. The minimum atomic E-state index is -0.617. The topological polar surface area (TPSA) is 72.0 Å². The van der Waals surface area contributed by atoms with E-state index in [1.54, 1.807) is 6.20 Å². The Bertz CT molecular complexity index is 1290. The average Bonchev–Trinajstić information content (AvgIpc) is 3.16. The van der Waals surface area contributed by atoms with Gasteiger partial charge in [-0.05, 0) is 38.6 Å². The van der Waals surface area contributed by atoms with E-state index in [1.807, 2.05) is 22.9 Å². The Morgan fingerprint density at radius 1 is 1.18 bits per heavy atom. The van der Waals surface area contributed by atoms with Gasteiger partial charge in [0.05, 0.1) is 18.8 Å². The largest absolute Gasteiger partial charge is 0.338 e. The minimum absolute atomic E-state index is 0.00545. The van der Waals surface area contributed by atoms with Gasteiger partial charge in [0.25, 0.3) is 0 Å². The molecule has 3 aliphatic heterocycles. The van der Waals surface area contributed by atoms with Gasteiger partial charge in [0.1, 0.15) is 11.6 Å². The van der Waals surface area contributed by atoms with Crippen molar-refractivity contribution in [3.8, 4) is 0 Å². The molecule has 2 aromatic rings. The molecule has 2 fully saturated rings. The number of hydrogen-bond donors (Lipinski definition) is 1. The maximum absolute atomic E-state index is 14.3. The Balaban J connectivity index is 1.33. The van der Waals surface area contributed by atoms with E-state index >= 15 is 0 Å². The number of piperazine rings is 2. The predicted molar refractivity (Wildman–Crippen MR) is 150 cm³/mol. The molecular formula is C30H40F2N6O2. The molecule has 0 bridgehead atoms. The first-order chi connectivity index (χ1) is 18.9. The van der Waals surface area contributed by atoms with Crippen LogP contribution in [0.15, 0.2) is 30.5 Å². The summed E-state index contributed by atoms with van der Waals surface area (Å²) < 4.78 is 27.7. The smallest absolute Gasteiger partial charge is 0.241 e. The van der Waals surface area contributed by atoms with Gasteiger partial charge in [0.2, 0.25) is 11.8 Å². The monoisotopic (exact) mass is 554 g/mol. The third-order valence-corrected chi connectivity index (χ3v) is 8.67. The highest BCUT2D eigenvalue weighted by Crippen LogP contribution is 2.40. The number of carbonyl (C=O) groups excluding carboxylic acids is 2. The van der Waals surface area contributed by atoms with Gasteiger partial charge >= 0.3 is 0 Å². The Hall–Kier alpha value is -2.95. The lowest BCUT2D eigenvalue weighted by Gasteiger charge is -2.44. The van der Waals surface area contributed by atoms with Gasteiger partial charge in [-0.1, -0.05) is 19.9 Å². The number of halogens is 2. The molecule has 5 rings (SSSR count). The van der Waals surface area contributed by atoms with E-state index < -0.39 is 11.6 Å². The van der Waals surface area contributed by atoms with E-state index in [9.17, 15) is 18.4 Å². The van der Waals surface area contributed by atoms with Crippen LogP contribution >= 0.6 is 0 Å². The van der Waals surface area contributed by atoms with Crippen LogP contribution in [0.4, 0.5) is 14.5 Å². The molecule has 1 N–H and O–H groups in total. The summed E-state index contributed by atoms with van der Waals surface area (Å²) in [6, 6.07) is 5.98. The lowest BCUT2D eigenvalue weighted by Crippen LogP contribution is -2.63. The van der Waals surface area contributed by atoms with E-state index in [2.05, 4.69) is 47.8 Å². The molecular weight excluding hydrogens is 514 g/mol. The second-order valence-corrected chi connectivity index (χ2v) is 12.4. The van der Waals surface area contributed by atoms with Crippen LogP contribution in [0.3, 0.4) is 0 Å². The average molecular weight is 555 g/mol. The van der Waals surface area contributed by atoms with Crippen molar-refractivity contribution in [1.82, 2.24) is 25.0 Å². The van der Waals surface area contributed by atoms with Crippen LogP contribution in [0, 0.1) is 11.6 Å². The molecule has 0 aliphatic carbocycles. The van der Waals surface area contributed by atoms with E-state index in [4.69, 9.17) is 0 Å². The summed E-state index contributed by atoms with van der Waals surface area (Å²) in [4.78, 5) is 39.2. The Labute approximate surface area is 235 Å². The third kappa shape index (κ3) is 5.89. The maximum atomic E-state index is 14.3. The summed E-state index contributed by atoms with van der Waals surface area (Å²) in [5, 5.41) is 3.52. The highest BCUT2D eigenvalue weighted by atomic mass is 19.1. The summed E-state index contributed by atoms with van der Waals surface area (Å²) in [5.41, 5.74) is 2.47. The van der Waals surface area contributed by atoms with Crippen molar-refractivity contribution in [2.45, 2.75) is 57.7 Å². The van der Waals surface area contributed by atoms with Gasteiger partial charge in [-0.25, -0.2) is 8.78 Å². The number of amides is 2. The van der Waals surface area contributed by atoms with Gasteiger partial charge in [0.15, 0.2) is 0 Å². The second kappa shape index (κ2) is 11.1. The number of rotatable bonds is 6. The third-order valence-electron chi connectivity index (χ3n) is 8.67. The number of fused-ring (bicyclic) bond motifs is 1. The summed E-state index contributed by atoms with van der Waals surface area (Å²) in [7, 11) is 1.97. The van der Waals surface area contributed by atoms with Gasteiger partial charge in [-0.15, -0.1) is 0 Å².